The van der Waals surface area contributed by atoms with E-state index in [0.717, 1.165) is 0 Å². The van der Waals surface area contributed by atoms with E-state index in [4.69, 9.17) is 0 Å². The smallest absolute Gasteiger partial charge is 0.269 e. The van der Waals surface area contributed by atoms with Crippen molar-refractivity contribution >= 4 is 22.9 Å². The molecule has 2 rings (SSSR count). The Morgan fingerprint density at radius 2 is 1.53 bits per heavy atom. The maximum atomic E-state index is 11.5. The molecule has 0 saturated heterocycles. The molecule has 0 saturated carbocycles. The fourth-order valence-electron chi connectivity index (χ4n) is 1.50. The van der Waals surface area contributed by atoms with Crippen molar-refractivity contribution in [3.8, 4) is 0 Å². The van der Waals surface area contributed by atoms with Crippen molar-refractivity contribution in [3.05, 3.63) is 42.0 Å². The summed E-state index contributed by atoms with van der Waals surface area (Å²) in [7, 11) is 0. The average molecular weight is 200 g/mol. The van der Waals surface area contributed by atoms with Crippen LogP contribution in [0.15, 0.2) is 36.4 Å². The fourth-order valence-corrected chi connectivity index (χ4v) is 1.50. The molecule has 1 aliphatic rings. The molecule has 0 heterocycles. The molecule has 3 nitrogen and oxygen atoms in total. The SMILES string of the molecule is O=C1CC=C(c2ccccc2)C(=O)C1=O. The van der Waals surface area contributed by atoms with E-state index in [1.807, 2.05) is 6.07 Å². The highest BCUT2D eigenvalue weighted by Gasteiger charge is 2.29. The second kappa shape index (κ2) is 3.61. The van der Waals surface area contributed by atoms with E-state index >= 15 is 0 Å². The molecule has 15 heavy (non-hydrogen) atoms. The van der Waals surface area contributed by atoms with Gasteiger partial charge < -0.3 is 0 Å². The molecule has 1 aliphatic carbocycles. The number of carbonyl (C=O) groups excluding carboxylic acids is 3. The minimum Gasteiger partial charge on any atom is -0.290 e. The van der Waals surface area contributed by atoms with Crippen molar-refractivity contribution in [1.82, 2.24) is 0 Å². The van der Waals surface area contributed by atoms with Gasteiger partial charge in [0.1, 0.15) is 0 Å². The highest BCUT2D eigenvalue weighted by Crippen LogP contribution is 2.20. The third-order valence-corrected chi connectivity index (χ3v) is 2.28. The number of Topliss-reactive ketones (excluding diaryl/α,β-unsaturated/α-hetero) is 3. The van der Waals surface area contributed by atoms with Gasteiger partial charge in [-0.25, -0.2) is 0 Å². The summed E-state index contributed by atoms with van der Waals surface area (Å²) < 4.78 is 0. The molecule has 0 aliphatic heterocycles. The number of carbonyl (C=O) groups is 3. The van der Waals surface area contributed by atoms with Crippen LogP contribution in [0, 0.1) is 0 Å². The summed E-state index contributed by atoms with van der Waals surface area (Å²) in [5.41, 5.74) is 1.02. The van der Waals surface area contributed by atoms with Gasteiger partial charge in [-0.1, -0.05) is 36.4 Å². The lowest BCUT2D eigenvalue weighted by Crippen LogP contribution is -2.28. The maximum absolute atomic E-state index is 11.5. The zero-order chi connectivity index (χ0) is 10.8. The van der Waals surface area contributed by atoms with Gasteiger partial charge >= 0.3 is 0 Å². The normalized spacial score (nSPS) is 16.5. The first-order valence-electron chi connectivity index (χ1n) is 4.57. The second-order valence-electron chi connectivity index (χ2n) is 3.27. The highest BCUT2D eigenvalue weighted by molar-refractivity contribution is 6.73. The van der Waals surface area contributed by atoms with Gasteiger partial charge in [-0.15, -0.1) is 0 Å². The Kier molecular flexibility index (Phi) is 2.29. The summed E-state index contributed by atoms with van der Waals surface area (Å²) in [5, 5.41) is 0. The van der Waals surface area contributed by atoms with Crippen LogP contribution in [0.25, 0.3) is 5.57 Å². The fraction of sp³-hybridized carbons (Fsp3) is 0.0833. The van der Waals surface area contributed by atoms with E-state index in [1.165, 1.54) is 6.08 Å². The summed E-state index contributed by atoms with van der Waals surface area (Å²) in [6.07, 6.45) is 1.54. The molecule has 0 N–H and O–H groups in total. The van der Waals surface area contributed by atoms with E-state index in [1.54, 1.807) is 24.3 Å². The first-order valence-corrected chi connectivity index (χ1v) is 4.57. The summed E-state index contributed by atoms with van der Waals surface area (Å²) in [6.45, 7) is 0. The van der Waals surface area contributed by atoms with Gasteiger partial charge in [-0.3, -0.25) is 14.4 Å². The molecule has 1 aromatic rings. The van der Waals surface area contributed by atoms with Crippen LogP contribution in [-0.4, -0.2) is 17.3 Å². The minimum absolute atomic E-state index is 0.0226. The Morgan fingerprint density at radius 1 is 0.867 bits per heavy atom. The minimum atomic E-state index is -0.906. The average Bonchev–Trinajstić information content (AvgIpc) is 2.27. The van der Waals surface area contributed by atoms with E-state index in [0.29, 0.717) is 11.1 Å². The van der Waals surface area contributed by atoms with Crippen molar-refractivity contribution in [2.75, 3.05) is 0 Å². The van der Waals surface area contributed by atoms with E-state index in [9.17, 15) is 14.4 Å². The number of rotatable bonds is 1. The zero-order valence-electron chi connectivity index (χ0n) is 7.90. The first-order chi connectivity index (χ1) is 7.20. The molecule has 0 atom stereocenters. The van der Waals surface area contributed by atoms with Crippen molar-refractivity contribution in [2.45, 2.75) is 6.42 Å². The van der Waals surface area contributed by atoms with E-state index in [2.05, 4.69) is 0 Å². The lowest BCUT2D eigenvalue weighted by atomic mass is 9.91. The molecular formula is C12H8O3. The van der Waals surface area contributed by atoms with Gasteiger partial charge in [0.2, 0.25) is 11.6 Å². The Hall–Kier alpha value is -2.03. The van der Waals surface area contributed by atoms with Gasteiger partial charge in [0.15, 0.2) is 0 Å². The Labute approximate surface area is 86.4 Å². The van der Waals surface area contributed by atoms with Crippen molar-refractivity contribution in [2.24, 2.45) is 0 Å². The summed E-state index contributed by atoms with van der Waals surface area (Å²) in [5.74, 6) is -2.23. The number of hydrogen-bond acceptors (Lipinski definition) is 3. The lowest BCUT2D eigenvalue weighted by molar-refractivity contribution is -0.142. The largest absolute Gasteiger partial charge is 0.290 e. The molecular weight excluding hydrogens is 192 g/mol. The zero-order valence-corrected chi connectivity index (χ0v) is 7.90. The van der Waals surface area contributed by atoms with E-state index in [-0.39, 0.29) is 6.42 Å². The first kappa shape index (κ1) is 9.52. The number of hydrogen-bond donors (Lipinski definition) is 0. The van der Waals surface area contributed by atoms with Crippen LogP contribution in [0.1, 0.15) is 12.0 Å². The van der Waals surface area contributed by atoms with E-state index < -0.39 is 17.3 Å². The van der Waals surface area contributed by atoms with Crippen molar-refractivity contribution < 1.29 is 14.4 Å². The molecule has 0 fully saturated rings. The third kappa shape index (κ3) is 1.64. The topological polar surface area (TPSA) is 51.2 Å². The molecule has 1 aromatic carbocycles. The predicted molar refractivity (Wildman–Crippen MR) is 54.1 cm³/mol. The van der Waals surface area contributed by atoms with Crippen LogP contribution < -0.4 is 0 Å². The maximum Gasteiger partial charge on any atom is 0.269 e. The molecule has 0 radical (unpaired) electrons. The quantitative estimate of drug-likeness (QED) is 0.639. The summed E-state index contributed by atoms with van der Waals surface area (Å²) >= 11 is 0. The van der Waals surface area contributed by atoms with Crippen LogP contribution in [0.2, 0.25) is 0 Å². The van der Waals surface area contributed by atoms with Crippen LogP contribution in [0.3, 0.4) is 0 Å². The third-order valence-electron chi connectivity index (χ3n) is 2.28. The lowest BCUT2D eigenvalue weighted by Gasteiger charge is -2.09. The molecule has 3 heteroatoms. The molecule has 0 unspecified atom stereocenters. The Bertz CT molecular complexity index is 469. The van der Waals surface area contributed by atoms with Gasteiger partial charge in [-0.2, -0.15) is 0 Å². The van der Waals surface area contributed by atoms with Gasteiger partial charge in [0, 0.05) is 12.0 Å². The number of ketones is 3. The number of benzene rings is 1. The Morgan fingerprint density at radius 3 is 2.20 bits per heavy atom. The van der Waals surface area contributed by atoms with Crippen LogP contribution in [0.4, 0.5) is 0 Å². The molecule has 74 valence electrons. The van der Waals surface area contributed by atoms with Gasteiger partial charge in [0.05, 0.1) is 0 Å². The standard InChI is InChI=1S/C12H8O3/c13-10-7-6-9(11(14)12(10)15)8-4-2-1-3-5-8/h1-6H,7H2. The number of allylic oxidation sites excluding steroid dienone is 2. The van der Waals surface area contributed by atoms with Crippen molar-refractivity contribution in [3.63, 3.8) is 0 Å². The van der Waals surface area contributed by atoms with Gasteiger partial charge in [-0.05, 0) is 5.56 Å². The molecule has 0 spiro atoms. The highest BCUT2D eigenvalue weighted by atomic mass is 16.2. The Balaban J connectivity index is 2.44. The van der Waals surface area contributed by atoms with Gasteiger partial charge in [0.25, 0.3) is 5.78 Å². The van der Waals surface area contributed by atoms with Crippen LogP contribution in [-0.2, 0) is 14.4 Å². The predicted octanol–water partition coefficient (Wildman–Crippen LogP) is 1.18. The second-order valence-corrected chi connectivity index (χ2v) is 3.27. The van der Waals surface area contributed by atoms with Crippen molar-refractivity contribution in [1.29, 1.82) is 0 Å². The molecule has 0 aromatic heterocycles. The summed E-state index contributed by atoms with van der Waals surface area (Å²) in [6, 6.07) is 8.87. The van der Waals surface area contributed by atoms with Crippen LogP contribution >= 0.6 is 0 Å². The monoisotopic (exact) mass is 200 g/mol. The van der Waals surface area contributed by atoms with Crippen LogP contribution in [0.5, 0.6) is 0 Å². The summed E-state index contributed by atoms with van der Waals surface area (Å²) in [4.78, 5) is 33.6. The molecule has 0 bridgehead atoms. The molecule has 0 amide bonds.